The Hall–Kier alpha value is -4.26. The summed E-state index contributed by atoms with van der Waals surface area (Å²) in [6.45, 7) is 2.36. The molecule has 3 aromatic carbocycles. The maximum Gasteiger partial charge on any atom is 0.257 e. The molecule has 0 bridgehead atoms. The van der Waals surface area contributed by atoms with Crippen molar-refractivity contribution in [3.05, 3.63) is 99.3 Å². The van der Waals surface area contributed by atoms with Gasteiger partial charge in [-0.1, -0.05) is 53.3 Å². The SMILES string of the molecule is CCOc1cc(/C=C(\C#N)c2nnc(NC(=O)c3ccccc3)s2)cc(Cl)c1OCc1ccc(F)cc1. The molecule has 4 aromatic rings. The topological polar surface area (TPSA) is 97.1 Å². The van der Waals surface area contributed by atoms with Gasteiger partial charge in [-0.3, -0.25) is 10.1 Å². The van der Waals surface area contributed by atoms with Gasteiger partial charge in [0.25, 0.3) is 5.91 Å². The van der Waals surface area contributed by atoms with Gasteiger partial charge >= 0.3 is 0 Å². The second-order valence-corrected chi connectivity index (χ2v) is 8.97. The van der Waals surface area contributed by atoms with Crippen LogP contribution in [0.4, 0.5) is 9.52 Å². The number of carbonyl (C=O) groups excluding carboxylic acids is 1. The lowest BCUT2D eigenvalue weighted by Crippen LogP contribution is -2.11. The van der Waals surface area contributed by atoms with E-state index in [0.717, 1.165) is 16.9 Å². The fourth-order valence-electron chi connectivity index (χ4n) is 3.26. The van der Waals surface area contributed by atoms with Crippen LogP contribution >= 0.6 is 22.9 Å². The Bertz CT molecular complexity index is 1470. The second kappa shape index (κ2) is 12.1. The van der Waals surface area contributed by atoms with Crippen LogP contribution in [0.5, 0.6) is 11.5 Å². The van der Waals surface area contributed by atoms with Crippen LogP contribution in [-0.2, 0) is 6.61 Å². The first-order valence-corrected chi connectivity index (χ1v) is 12.3. The van der Waals surface area contributed by atoms with E-state index >= 15 is 0 Å². The number of rotatable bonds is 9. The number of carbonyl (C=O) groups is 1. The van der Waals surface area contributed by atoms with Gasteiger partial charge in [0.1, 0.15) is 18.5 Å². The zero-order valence-corrected chi connectivity index (χ0v) is 21.1. The second-order valence-electron chi connectivity index (χ2n) is 7.58. The molecule has 0 fully saturated rings. The van der Waals surface area contributed by atoms with Gasteiger partial charge in [0.15, 0.2) is 16.5 Å². The number of anilines is 1. The average Bonchev–Trinajstić information content (AvgIpc) is 3.36. The molecule has 0 saturated heterocycles. The van der Waals surface area contributed by atoms with Crippen molar-refractivity contribution in [3.63, 3.8) is 0 Å². The maximum atomic E-state index is 13.2. The number of nitrogens with zero attached hydrogens (tertiary/aromatic N) is 3. The average molecular weight is 535 g/mol. The lowest BCUT2D eigenvalue weighted by atomic mass is 10.1. The number of hydrogen-bond acceptors (Lipinski definition) is 7. The van der Waals surface area contributed by atoms with Gasteiger partial charge in [0, 0.05) is 5.56 Å². The predicted octanol–water partition coefficient (Wildman–Crippen LogP) is 6.62. The van der Waals surface area contributed by atoms with E-state index in [4.69, 9.17) is 21.1 Å². The Morgan fingerprint density at radius 1 is 1.14 bits per heavy atom. The number of ether oxygens (including phenoxy) is 2. The molecule has 1 amide bonds. The van der Waals surface area contributed by atoms with Crippen LogP contribution in [0.3, 0.4) is 0 Å². The lowest BCUT2D eigenvalue weighted by Gasteiger charge is -2.14. The Morgan fingerprint density at radius 2 is 1.89 bits per heavy atom. The molecule has 0 saturated carbocycles. The van der Waals surface area contributed by atoms with Crippen molar-refractivity contribution in [1.29, 1.82) is 5.26 Å². The highest BCUT2D eigenvalue weighted by Gasteiger charge is 2.16. The van der Waals surface area contributed by atoms with Gasteiger partial charge in [0.05, 0.1) is 17.2 Å². The quantitative estimate of drug-likeness (QED) is 0.242. The Morgan fingerprint density at radius 3 is 2.59 bits per heavy atom. The highest BCUT2D eigenvalue weighted by atomic mass is 35.5. The highest BCUT2D eigenvalue weighted by Crippen LogP contribution is 2.38. The van der Waals surface area contributed by atoms with Crippen LogP contribution in [-0.4, -0.2) is 22.7 Å². The summed E-state index contributed by atoms with van der Waals surface area (Å²) in [5, 5.41) is 21.3. The molecule has 0 radical (unpaired) electrons. The van der Waals surface area contributed by atoms with Crippen LogP contribution < -0.4 is 14.8 Å². The van der Waals surface area contributed by atoms with E-state index in [2.05, 4.69) is 21.6 Å². The molecule has 0 aliphatic carbocycles. The third kappa shape index (κ3) is 6.70. The van der Waals surface area contributed by atoms with E-state index in [9.17, 15) is 14.4 Å². The molecule has 0 spiro atoms. The summed E-state index contributed by atoms with van der Waals surface area (Å²) in [7, 11) is 0. The highest BCUT2D eigenvalue weighted by molar-refractivity contribution is 7.16. The fraction of sp³-hybridized carbons (Fsp3) is 0.111. The van der Waals surface area contributed by atoms with Crippen molar-refractivity contribution in [2.24, 2.45) is 0 Å². The van der Waals surface area contributed by atoms with Crippen LogP contribution in [0.2, 0.25) is 5.02 Å². The van der Waals surface area contributed by atoms with E-state index in [1.807, 2.05) is 13.0 Å². The molecule has 1 N–H and O–H groups in total. The van der Waals surface area contributed by atoms with Crippen molar-refractivity contribution in [2.45, 2.75) is 13.5 Å². The number of benzene rings is 3. The van der Waals surface area contributed by atoms with E-state index in [1.165, 1.54) is 12.1 Å². The number of nitrogens with one attached hydrogen (secondary N) is 1. The smallest absolute Gasteiger partial charge is 0.257 e. The van der Waals surface area contributed by atoms with Crippen molar-refractivity contribution in [3.8, 4) is 17.6 Å². The van der Waals surface area contributed by atoms with E-state index in [-0.39, 0.29) is 34.1 Å². The minimum Gasteiger partial charge on any atom is -0.490 e. The number of amides is 1. The molecule has 7 nitrogen and oxygen atoms in total. The maximum absolute atomic E-state index is 13.2. The van der Waals surface area contributed by atoms with Crippen molar-refractivity contribution in [2.75, 3.05) is 11.9 Å². The third-order valence-electron chi connectivity index (χ3n) is 4.97. The number of hydrogen-bond donors (Lipinski definition) is 1. The van der Waals surface area contributed by atoms with Crippen LogP contribution in [0.25, 0.3) is 11.6 Å². The summed E-state index contributed by atoms with van der Waals surface area (Å²) < 4.78 is 24.8. The number of aromatic nitrogens is 2. The molecule has 0 unspecified atom stereocenters. The lowest BCUT2D eigenvalue weighted by molar-refractivity contribution is 0.102. The zero-order valence-electron chi connectivity index (χ0n) is 19.6. The predicted molar refractivity (Wildman–Crippen MR) is 141 cm³/mol. The molecular formula is C27H20ClFN4O3S. The largest absolute Gasteiger partial charge is 0.490 e. The fourth-order valence-corrected chi connectivity index (χ4v) is 4.24. The van der Waals surface area contributed by atoms with E-state index in [0.29, 0.717) is 34.2 Å². The van der Waals surface area contributed by atoms with Crippen molar-refractivity contribution >= 4 is 45.6 Å². The Kier molecular flexibility index (Phi) is 8.46. The van der Waals surface area contributed by atoms with E-state index in [1.54, 1.807) is 54.6 Å². The van der Waals surface area contributed by atoms with E-state index < -0.39 is 0 Å². The summed E-state index contributed by atoms with van der Waals surface area (Å²) in [4.78, 5) is 12.4. The van der Waals surface area contributed by atoms with Crippen LogP contribution in [0, 0.1) is 17.1 Å². The number of halogens is 2. The molecule has 4 rings (SSSR count). The molecule has 10 heteroatoms. The van der Waals surface area contributed by atoms with Crippen molar-refractivity contribution < 1.29 is 18.7 Å². The molecule has 0 aliphatic heterocycles. The monoisotopic (exact) mass is 534 g/mol. The molecular weight excluding hydrogens is 515 g/mol. The van der Waals surface area contributed by atoms with Gasteiger partial charge in [-0.15, -0.1) is 10.2 Å². The summed E-state index contributed by atoms with van der Waals surface area (Å²) in [6.07, 6.45) is 1.60. The molecule has 186 valence electrons. The Balaban J connectivity index is 1.54. The molecule has 1 aromatic heterocycles. The van der Waals surface area contributed by atoms with Gasteiger partial charge in [-0.2, -0.15) is 5.26 Å². The summed E-state index contributed by atoms with van der Waals surface area (Å²) in [5.74, 6) is 0.0801. The van der Waals surface area contributed by atoms with Gasteiger partial charge in [-0.25, -0.2) is 4.39 Å². The number of nitriles is 1. The van der Waals surface area contributed by atoms with Crippen LogP contribution in [0.15, 0.2) is 66.7 Å². The molecule has 1 heterocycles. The summed E-state index contributed by atoms with van der Waals surface area (Å²) in [6, 6.07) is 20.1. The van der Waals surface area contributed by atoms with Crippen molar-refractivity contribution in [1.82, 2.24) is 10.2 Å². The summed E-state index contributed by atoms with van der Waals surface area (Å²) >= 11 is 7.58. The summed E-state index contributed by atoms with van der Waals surface area (Å²) in [5.41, 5.74) is 2.07. The minimum absolute atomic E-state index is 0.168. The normalized spacial score (nSPS) is 11.0. The molecule has 37 heavy (non-hydrogen) atoms. The molecule has 0 aliphatic rings. The van der Waals surface area contributed by atoms with Gasteiger partial charge in [-0.05, 0) is 60.5 Å². The third-order valence-corrected chi connectivity index (χ3v) is 6.12. The molecule has 0 atom stereocenters. The minimum atomic E-state index is -0.331. The van der Waals surface area contributed by atoms with Crippen LogP contribution in [0.1, 0.15) is 33.4 Å². The zero-order chi connectivity index (χ0) is 26.2. The van der Waals surface area contributed by atoms with Gasteiger partial charge in [0.2, 0.25) is 5.13 Å². The first-order valence-electron chi connectivity index (χ1n) is 11.1. The Labute approximate surface area is 221 Å². The standard InChI is InChI=1S/C27H20ClFN4O3S/c1-2-35-23-14-18(13-22(28)24(23)36-16-17-8-10-21(29)11-9-17)12-20(15-30)26-32-33-27(37-26)31-25(34)19-6-4-3-5-7-19/h3-14H,2,16H2,1H3,(H,31,33,34)/b20-12+. The first kappa shape index (κ1) is 25.8. The number of allylic oxidation sites excluding steroid dienone is 1. The first-order chi connectivity index (χ1) is 18.0. The van der Waals surface area contributed by atoms with Gasteiger partial charge < -0.3 is 9.47 Å².